The number of nitrogen functional groups attached to an aromatic ring is 1. The zero-order valence-corrected chi connectivity index (χ0v) is 10.6. The second-order valence-corrected chi connectivity index (χ2v) is 4.64. The van der Waals surface area contributed by atoms with Crippen molar-refractivity contribution < 1.29 is 9.53 Å². The van der Waals surface area contributed by atoms with E-state index in [0.717, 1.165) is 6.54 Å². The number of hydrogen-bond donors (Lipinski definition) is 2. The number of rotatable bonds is 4. The van der Waals surface area contributed by atoms with Crippen LogP contribution in [0.3, 0.4) is 0 Å². The monoisotopic (exact) mass is 249 g/mol. The van der Waals surface area contributed by atoms with Gasteiger partial charge in [0.25, 0.3) is 0 Å². The third-order valence-corrected chi connectivity index (χ3v) is 3.43. The van der Waals surface area contributed by atoms with Crippen molar-refractivity contribution in [2.45, 2.75) is 25.7 Å². The number of nitrogens with two attached hydrogens (primary N) is 1. The fraction of sp³-hybridized carbons (Fsp3) is 0.538. The average molecular weight is 249 g/mol. The maximum absolute atomic E-state index is 11.5. The van der Waals surface area contributed by atoms with Gasteiger partial charge in [-0.25, -0.2) is 9.78 Å². The summed E-state index contributed by atoms with van der Waals surface area (Å²) in [6, 6.07) is 1.57. The lowest BCUT2D eigenvalue weighted by molar-refractivity contribution is 0.0602. The molecule has 1 saturated carbocycles. The highest BCUT2D eigenvalue weighted by Gasteiger charge is 2.17. The van der Waals surface area contributed by atoms with Crippen LogP contribution in [0.4, 0.5) is 11.5 Å². The zero-order valence-electron chi connectivity index (χ0n) is 10.6. The molecule has 18 heavy (non-hydrogen) atoms. The lowest BCUT2D eigenvalue weighted by Crippen LogP contribution is -2.15. The molecule has 0 aliphatic heterocycles. The van der Waals surface area contributed by atoms with Gasteiger partial charge in [0.2, 0.25) is 0 Å². The standard InChI is InChI=1S/C13H19N3O2/c1-18-13(17)10-6-7-15-12(11(10)14)16-8-9-4-2-3-5-9/h6-7,9H,2-5,8,14H2,1H3,(H,15,16). The van der Waals surface area contributed by atoms with Crippen LogP contribution in [0.5, 0.6) is 0 Å². The molecule has 1 aliphatic carbocycles. The number of carbonyl (C=O) groups excluding carboxylic acids is 1. The van der Waals surface area contributed by atoms with Crippen LogP contribution in [0.1, 0.15) is 36.0 Å². The number of nitrogens with one attached hydrogen (secondary N) is 1. The number of aromatic nitrogens is 1. The summed E-state index contributed by atoms with van der Waals surface area (Å²) in [7, 11) is 1.34. The van der Waals surface area contributed by atoms with Gasteiger partial charge in [0, 0.05) is 12.7 Å². The Hall–Kier alpha value is -1.78. The third-order valence-electron chi connectivity index (χ3n) is 3.43. The first kappa shape index (κ1) is 12.7. The first-order chi connectivity index (χ1) is 8.72. The van der Waals surface area contributed by atoms with E-state index in [1.165, 1.54) is 32.8 Å². The molecule has 1 aliphatic rings. The molecule has 0 spiro atoms. The Morgan fingerprint density at radius 1 is 1.56 bits per heavy atom. The molecule has 0 bridgehead atoms. The SMILES string of the molecule is COC(=O)c1ccnc(NCC2CCCC2)c1N. The molecular formula is C13H19N3O2. The predicted molar refractivity (Wildman–Crippen MR) is 70.4 cm³/mol. The van der Waals surface area contributed by atoms with Crippen LogP contribution < -0.4 is 11.1 Å². The van der Waals surface area contributed by atoms with E-state index < -0.39 is 5.97 Å². The number of ether oxygens (including phenoxy) is 1. The molecule has 0 amide bonds. The molecule has 2 rings (SSSR count). The number of nitrogens with zero attached hydrogens (tertiary/aromatic N) is 1. The van der Waals surface area contributed by atoms with Crippen molar-refractivity contribution in [3.05, 3.63) is 17.8 Å². The van der Waals surface area contributed by atoms with E-state index in [1.54, 1.807) is 12.3 Å². The van der Waals surface area contributed by atoms with Gasteiger partial charge in [0.15, 0.2) is 0 Å². The van der Waals surface area contributed by atoms with Crippen molar-refractivity contribution >= 4 is 17.5 Å². The largest absolute Gasteiger partial charge is 0.465 e. The van der Waals surface area contributed by atoms with Gasteiger partial charge in [-0.05, 0) is 24.8 Å². The van der Waals surface area contributed by atoms with Crippen molar-refractivity contribution in [1.82, 2.24) is 4.98 Å². The van der Waals surface area contributed by atoms with E-state index in [1.807, 2.05) is 0 Å². The second-order valence-electron chi connectivity index (χ2n) is 4.64. The van der Waals surface area contributed by atoms with Gasteiger partial charge in [0.1, 0.15) is 5.82 Å². The number of carbonyl (C=O) groups is 1. The Morgan fingerprint density at radius 2 is 2.28 bits per heavy atom. The number of hydrogen-bond acceptors (Lipinski definition) is 5. The van der Waals surface area contributed by atoms with Gasteiger partial charge in [-0.1, -0.05) is 12.8 Å². The lowest BCUT2D eigenvalue weighted by atomic mass is 10.1. The number of esters is 1. The van der Waals surface area contributed by atoms with Crippen LogP contribution in [0.15, 0.2) is 12.3 Å². The summed E-state index contributed by atoms with van der Waals surface area (Å²) in [5.74, 6) is 0.830. The van der Waals surface area contributed by atoms with Crippen LogP contribution in [0.2, 0.25) is 0 Å². The lowest BCUT2D eigenvalue weighted by Gasteiger charge is -2.13. The summed E-state index contributed by atoms with van der Waals surface area (Å²) in [6.07, 6.45) is 6.68. The smallest absolute Gasteiger partial charge is 0.340 e. The Labute approximate surface area is 107 Å². The van der Waals surface area contributed by atoms with Crippen LogP contribution in [-0.2, 0) is 4.74 Å². The van der Waals surface area contributed by atoms with Gasteiger partial charge in [0.05, 0.1) is 18.4 Å². The van der Waals surface area contributed by atoms with Crippen molar-refractivity contribution in [2.24, 2.45) is 5.92 Å². The summed E-state index contributed by atoms with van der Waals surface area (Å²) < 4.78 is 4.68. The van der Waals surface area contributed by atoms with Crippen LogP contribution in [0, 0.1) is 5.92 Å². The fourth-order valence-electron chi connectivity index (χ4n) is 2.36. The van der Waals surface area contributed by atoms with E-state index in [4.69, 9.17) is 5.73 Å². The molecule has 98 valence electrons. The van der Waals surface area contributed by atoms with Gasteiger partial charge >= 0.3 is 5.97 Å². The number of anilines is 2. The summed E-state index contributed by atoms with van der Waals surface area (Å²) >= 11 is 0. The maximum atomic E-state index is 11.5. The van der Waals surface area contributed by atoms with Gasteiger partial charge in [-0.15, -0.1) is 0 Å². The van der Waals surface area contributed by atoms with Crippen LogP contribution in [0.25, 0.3) is 0 Å². The van der Waals surface area contributed by atoms with Gasteiger partial charge in [-0.3, -0.25) is 0 Å². The minimum atomic E-state index is -0.432. The molecule has 0 radical (unpaired) electrons. The summed E-state index contributed by atoms with van der Waals surface area (Å²) in [5.41, 5.74) is 6.64. The molecule has 1 heterocycles. The number of pyridine rings is 1. The van der Waals surface area contributed by atoms with Crippen molar-refractivity contribution in [3.63, 3.8) is 0 Å². The molecule has 0 atom stereocenters. The van der Waals surface area contributed by atoms with Crippen LogP contribution in [-0.4, -0.2) is 24.6 Å². The Bertz CT molecular complexity index is 428. The van der Waals surface area contributed by atoms with E-state index in [-0.39, 0.29) is 0 Å². The Morgan fingerprint density at radius 3 is 2.94 bits per heavy atom. The van der Waals surface area contributed by atoms with Gasteiger partial charge < -0.3 is 15.8 Å². The molecule has 5 nitrogen and oxygen atoms in total. The highest BCUT2D eigenvalue weighted by Crippen LogP contribution is 2.26. The van der Waals surface area contributed by atoms with Crippen molar-refractivity contribution in [1.29, 1.82) is 0 Å². The molecule has 5 heteroatoms. The molecule has 0 unspecified atom stereocenters. The zero-order chi connectivity index (χ0) is 13.0. The summed E-state index contributed by atoms with van der Waals surface area (Å²) in [6.45, 7) is 0.863. The van der Waals surface area contributed by atoms with Crippen LogP contribution >= 0.6 is 0 Å². The Kier molecular flexibility index (Phi) is 4.02. The van der Waals surface area contributed by atoms with Gasteiger partial charge in [-0.2, -0.15) is 0 Å². The first-order valence-corrected chi connectivity index (χ1v) is 6.29. The van der Waals surface area contributed by atoms with Crippen molar-refractivity contribution in [3.8, 4) is 0 Å². The topological polar surface area (TPSA) is 77.2 Å². The molecular weight excluding hydrogens is 230 g/mol. The average Bonchev–Trinajstić information content (AvgIpc) is 2.90. The minimum absolute atomic E-state index is 0.362. The second kappa shape index (κ2) is 5.71. The minimum Gasteiger partial charge on any atom is -0.465 e. The quantitative estimate of drug-likeness (QED) is 0.799. The fourth-order valence-corrected chi connectivity index (χ4v) is 2.36. The predicted octanol–water partition coefficient (Wildman–Crippen LogP) is 2.05. The molecule has 1 fully saturated rings. The molecule has 1 aromatic rings. The van der Waals surface area contributed by atoms with E-state index in [0.29, 0.717) is 23.0 Å². The van der Waals surface area contributed by atoms with Crippen molar-refractivity contribution in [2.75, 3.05) is 24.7 Å². The maximum Gasteiger partial charge on any atom is 0.340 e. The molecule has 1 aromatic heterocycles. The van der Waals surface area contributed by atoms with E-state index >= 15 is 0 Å². The molecule has 0 saturated heterocycles. The highest BCUT2D eigenvalue weighted by molar-refractivity contribution is 5.97. The summed E-state index contributed by atoms with van der Waals surface area (Å²) in [4.78, 5) is 15.7. The molecule has 3 N–H and O–H groups in total. The Balaban J connectivity index is 2.05. The van der Waals surface area contributed by atoms with E-state index in [2.05, 4.69) is 15.0 Å². The summed E-state index contributed by atoms with van der Waals surface area (Å²) in [5, 5.41) is 3.23. The highest BCUT2D eigenvalue weighted by atomic mass is 16.5. The van der Waals surface area contributed by atoms with E-state index in [9.17, 15) is 4.79 Å². The first-order valence-electron chi connectivity index (χ1n) is 6.29. The molecule has 0 aromatic carbocycles. The number of methoxy groups -OCH3 is 1. The normalized spacial score (nSPS) is 15.6. The third kappa shape index (κ3) is 2.72.